The van der Waals surface area contributed by atoms with Gasteiger partial charge < -0.3 is 5.73 Å². The molecule has 0 aliphatic heterocycles. The third kappa shape index (κ3) is 3.85. The number of pyridine rings is 1. The van der Waals surface area contributed by atoms with Gasteiger partial charge in [-0.3, -0.25) is 0 Å². The van der Waals surface area contributed by atoms with Crippen LogP contribution in [0.4, 0.5) is 4.39 Å². The molecule has 2 nitrogen and oxygen atoms in total. The predicted octanol–water partition coefficient (Wildman–Crippen LogP) is 2.08. The molecule has 0 amide bonds. The first-order valence-electron chi connectivity index (χ1n) is 3.08. The molecule has 5 heteroatoms. The summed E-state index contributed by atoms with van der Waals surface area (Å²) < 4.78 is 12.4. The zero-order valence-electron chi connectivity index (χ0n) is 6.53. The number of halogens is 3. The Bertz CT molecular complexity index is 230. The highest BCUT2D eigenvalue weighted by Crippen LogP contribution is 2.05. The van der Waals surface area contributed by atoms with Gasteiger partial charge >= 0.3 is 0 Å². The average Bonchev–Trinajstić information content (AvgIpc) is 1.88. The normalized spacial score (nSPS) is 10.9. The Hall–Kier alpha value is -0.380. The van der Waals surface area contributed by atoms with E-state index in [1.165, 1.54) is 6.07 Å². The van der Waals surface area contributed by atoms with Crippen LogP contribution in [0.2, 0.25) is 0 Å². The van der Waals surface area contributed by atoms with Gasteiger partial charge in [0, 0.05) is 6.04 Å². The van der Waals surface area contributed by atoms with Crippen LogP contribution >= 0.6 is 24.8 Å². The summed E-state index contributed by atoms with van der Waals surface area (Å²) >= 11 is 0. The van der Waals surface area contributed by atoms with Crippen molar-refractivity contribution in [2.75, 3.05) is 0 Å². The topological polar surface area (TPSA) is 38.9 Å². The smallest absolute Gasteiger partial charge is 0.213 e. The molecular weight excluding hydrogens is 202 g/mol. The van der Waals surface area contributed by atoms with Crippen LogP contribution in [0.5, 0.6) is 0 Å². The summed E-state index contributed by atoms with van der Waals surface area (Å²) in [5.41, 5.74) is 6.04. The second kappa shape index (κ2) is 6.17. The van der Waals surface area contributed by atoms with Crippen LogP contribution in [-0.2, 0) is 0 Å². The fraction of sp³-hybridized carbons (Fsp3) is 0.286. The highest BCUT2D eigenvalue weighted by molar-refractivity contribution is 5.85. The van der Waals surface area contributed by atoms with Crippen LogP contribution < -0.4 is 5.73 Å². The van der Waals surface area contributed by atoms with Crippen molar-refractivity contribution in [1.82, 2.24) is 4.98 Å². The number of rotatable bonds is 1. The molecule has 0 fully saturated rings. The fourth-order valence-corrected chi connectivity index (χ4v) is 0.678. The quantitative estimate of drug-likeness (QED) is 0.725. The molecule has 1 aromatic rings. The summed E-state index contributed by atoms with van der Waals surface area (Å²) in [5.74, 6) is -0.477. The van der Waals surface area contributed by atoms with Crippen molar-refractivity contribution in [2.45, 2.75) is 13.0 Å². The SMILES string of the molecule is CC(N)c1cccc(F)n1.Cl.Cl. The first-order valence-corrected chi connectivity index (χ1v) is 3.08. The average molecular weight is 213 g/mol. The van der Waals surface area contributed by atoms with E-state index in [-0.39, 0.29) is 30.9 Å². The summed E-state index contributed by atoms with van der Waals surface area (Å²) in [4.78, 5) is 3.58. The Labute approximate surface area is 83.2 Å². The Kier molecular flexibility index (Phi) is 7.28. The third-order valence-electron chi connectivity index (χ3n) is 1.20. The maximum absolute atomic E-state index is 12.4. The minimum absolute atomic E-state index is 0. The Morgan fingerprint density at radius 3 is 2.33 bits per heavy atom. The molecular formula is C7H11Cl2FN2. The van der Waals surface area contributed by atoms with E-state index in [2.05, 4.69) is 4.98 Å². The second-order valence-corrected chi connectivity index (χ2v) is 2.17. The van der Waals surface area contributed by atoms with Crippen molar-refractivity contribution in [3.05, 3.63) is 29.8 Å². The summed E-state index contributed by atoms with van der Waals surface area (Å²) in [6, 6.07) is 4.40. The summed E-state index contributed by atoms with van der Waals surface area (Å²) in [7, 11) is 0. The van der Waals surface area contributed by atoms with Gasteiger partial charge in [-0.15, -0.1) is 24.8 Å². The molecule has 0 aliphatic carbocycles. The number of aromatic nitrogens is 1. The lowest BCUT2D eigenvalue weighted by Gasteiger charge is -2.01. The first kappa shape index (κ1) is 14.2. The minimum atomic E-state index is -0.477. The van der Waals surface area contributed by atoms with Gasteiger partial charge in [-0.1, -0.05) is 6.07 Å². The standard InChI is InChI=1S/C7H9FN2.2ClH/c1-5(9)6-3-2-4-7(8)10-6;;/h2-5H,9H2,1H3;2*1H. The number of nitrogens with two attached hydrogens (primary N) is 1. The Morgan fingerprint density at radius 1 is 1.42 bits per heavy atom. The number of hydrogen-bond donors (Lipinski definition) is 1. The lowest BCUT2D eigenvalue weighted by atomic mass is 10.2. The van der Waals surface area contributed by atoms with Crippen LogP contribution in [0, 0.1) is 5.95 Å². The van der Waals surface area contributed by atoms with E-state index < -0.39 is 5.95 Å². The maximum Gasteiger partial charge on any atom is 0.213 e. The molecule has 0 saturated carbocycles. The predicted molar refractivity (Wildman–Crippen MR) is 51.3 cm³/mol. The molecule has 0 radical (unpaired) electrons. The van der Waals surface area contributed by atoms with E-state index in [0.717, 1.165) is 0 Å². The lowest BCUT2D eigenvalue weighted by molar-refractivity contribution is 0.569. The number of hydrogen-bond acceptors (Lipinski definition) is 2. The van der Waals surface area contributed by atoms with Gasteiger partial charge in [0.05, 0.1) is 5.69 Å². The van der Waals surface area contributed by atoms with Crippen LogP contribution in [0.1, 0.15) is 18.7 Å². The van der Waals surface area contributed by atoms with Crippen LogP contribution in [0.25, 0.3) is 0 Å². The minimum Gasteiger partial charge on any atom is -0.323 e. The van der Waals surface area contributed by atoms with E-state index in [1.807, 2.05) is 0 Å². The second-order valence-electron chi connectivity index (χ2n) is 2.17. The molecule has 0 aromatic carbocycles. The van der Waals surface area contributed by atoms with Crippen LogP contribution in [0.3, 0.4) is 0 Å². The largest absolute Gasteiger partial charge is 0.323 e. The maximum atomic E-state index is 12.4. The molecule has 1 rings (SSSR count). The molecule has 1 unspecified atom stereocenters. The first-order chi connectivity index (χ1) is 4.70. The monoisotopic (exact) mass is 212 g/mol. The van der Waals surface area contributed by atoms with Crippen molar-refractivity contribution in [1.29, 1.82) is 0 Å². The van der Waals surface area contributed by atoms with Gasteiger partial charge in [-0.25, -0.2) is 4.98 Å². The van der Waals surface area contributed by atoms with Crippen molar-refractivity contribution in [2.24, 2.45) is 5.73 Å². The van der Waals surface area contributed by atoms with E-state index in [4.69, 9.17) is 5.73 Å². The fourth-order valence-electron chi connectivity index (χ4n) is 0.678. The highest BCUT2D eigenvalue weighted by atomic mass is 35.5. The van der Waals surface area contributed by atoms with Gasteiger partial charge in [-0.2, -0.15) is 4.39 Å². The third-order valence-corrected chi connectivity index (χ3v) is 1.20. The van der Waals surface area contributed by atoms with Gasteiger partial charge in [-0.05, 0) is 19.1 Å². The molecule has 2 N–H and O–H groups in total. The van der Waals surface area contributed by atoms with E-state index in [1.54, 1.807) is 19.1 Å². The van der Waals surface area contributed by atoms with Gasteiger partial charge in [0.15, 0.2) is 0 Å². The molecule has 1 aromatic heterocycles. The van der Waals surface area contributed by atoms with Crippen molar-refractivity contribution < 1.29 is 4.39 Å². The van der Waals surface area contributed by atoms with Crippen molar-refractivity contribution >= 4 is 24.8 Å². The molecule has 1 heterocycles. The van der Waals surface area contributed by atoms with Gasteiger partial charge in [0.1, 0.15) is 0 Å². The van der Waals surface area contributed by atoms with Gasteiger partial charge in [0.2, 0.25) is 5.95 Å². The zero-order valence-corrected chi connectivity index (χ0v) is 8.16. The van der Waals surface area contributed by atoms with Crippen molar-refractivity contribution in [3.63, 3.8) is 0 Å². The van der Waals surface area contributed by atoms with E-state index in [0.29, 0.717) is 5.69 Å². The molecule has 70 valence electrons. The molecule has 0 saturated heterocycles. The molecule has 0 spiro atoms. The van der Waals surface area contributed by atoms with E-state index >= 15 is 0 Å². The van der Waals surface area contributed by atoms with Crippen LogP contribution in [0.15, 0.2) is 18.2 Å². The lowest BCUT2D eigenvalue weighted by Crippen LogP contribution is -2.07. The zero-order chi connectivity index (χ0) is 7.56. The number of nitrogens with zero attached hydrogens (tertiary/aromatic N) is 1. The molecule has 12 heavy (non-hydrogen) atoms. The molecule has 1 atom stereocenters. The molecule has 0 aliphatic rings. The summed E-state index contributed by atoms with van der Waals surface area (Å²) in [6.07, 6.45) is 0. The summed E-state index contributed by atoms with van der Waals surface area (Å²) in [5, 5.41) is 0. The molecule has 0 bridgehead atoms. The van der Waals surface area contributed by atoms with Crippen LogP contribution in [-0.4, -0.2) is 4.98 Å². The van der Waals surface area contributed by atoms with Gasteiger partial charge in [0.25, 0.3) is 0 Å². The highest BCUT2D eigenvalue weighted by Gasteiger charge is 1.99. The van der Waals surface area contributed by atoms with E-state index in [9.17, 15) is 4.39 Å². The summed E-state index contributed by atoms with van der Waals surface area (Å²) in [6.45, 7) is 1.77. The Balaban J connectivity index is 0. The van der Waals surface area contributed by atoms with Crippen molar-refractivity contribution in [3.8, 4) is 0 Å². The Morgan fingerprint density at radius 2 is 2.00 bits per heavy atom.